The summed E-state index contributed by atoms with van der Waals surface area (Å²) in [5, 5.41) is 9.82. The van der Waals surface area contributed by atoms with Crippen molar-refractivity contribution in [3.8, 4) is 0 Å². The molecule has 0 spiro atoms. The molecule has 0 radical (unpaired) electrons. The summed E-state index contributed by atoms with van der Waals surface area (Å²) in [6.07, 6.45) is -3.99. The summed E-state index contributed by atoms with van der Waals surface area (Å²) in [5.41, 5.74) is 4.72. The van der Waals surface area contributed by atoms with Gasteiger partial charge in [-0.3, -0.25) is 9.59 Å². The van der Waals surface area contributed by atoms with Gasteiger partial charge in [-0.25, -0.2) is 13.6 Å². The molecular weight excluding hydrogens is 278 g/mol. The van der Waals surface area contributed by atoms with Crippen LogP contribution in [-0.2, 0) is 9.59 Å². The van der Waals surface area contributed by atoms with Gasteiger partial charge in [0.05, 0.1) is 6.54 Å². The number of carboxylic acids is 1. The molecule has 4 N–H and O–H groups in total. The van der Waals surface area contributed by atoms with Gasteiger partial charge in [0.15, 0.2) is 0 Å². The highest BCUT2D eigenvalue weighted by molar-refractivity contribution is 5.85. The van der Waals surface area contributed by atoms with E-state index in [1.54, 1.807) is 0 Å². The Hall–Kier alpha value is -2.07. The van der Waals surface area contributed by atoms with E-state index in [1.807, 2.05) is 0 Å². The molecule has 0 saturated heterocycles. The summed E-state index contributed by atoms with van der Waals surface area (Å²) in [7, 11) is 0. The highest BCUT2D eigenvalue weighted by atomic mass is 19.3. The summed E-state index contributed by atoms with van der Waals surface area (Å²) >= 11 is 0. The Morgan fingerprint density at radius 2 is 1.79 bits per heavy atom. The minimum absolute atomic E-state index is 0.298. The minimum atomic E-state index is -4.46. The lowest BCUT2D eigenvalue weighted by Gasteiger charge is -2.22. The standard InChI is InChI=1S/C8H11F4N3O4/c9-6(10)8(11,12)3-14-7(19)15(1-4(13)16)2-5(17)18/h6H,1-3H2,(H2,13,16)(H,14,19)(H,17,18). The van der Waals surface area contributed by atoms with Gasteiger partial charge in [-0.05, 0) is 0 Å². The summed E-state index contributed by atoms with van der Waals surface area (Å²) in [4.78, 5) is 32.5. The number of nitrogens with zero attached hydrogens (tertiary/aromatic N) is 1. The van der Waals surface area contributed by atoms with Crippen LogP contribution < -0.4 is 11.1 Å². The molecule has 0 rings (SSSR count). The van der Waals surface area contributed by atoms with Gasteiger partial charge in [0.1, 0.15) is 13.1 Å². The lowest BCUT2D eigenvalue weighted by atomic mass is 10.3. The molecule has 0 bridgehead atoms. The fourth-order valence-corrected chi connectivity index (χ4v) is 0.933. The van der Waals surface area contributed by atoms with Crippen molar-refractivity contribution >= 4 is 17.9 Å². The smallest absolute Gasteiger partial charge is 0.324 e. The zero-order chi connectivity index (χ0) is 15.2. The first-order chi connectivity index (χ1) is 8.56. The number of amides is 3. The number of nitrogens with two attached hydrogens (primary N) is 1. The van der Waals surface area contributed by atoms with E-state index in [9.17, 15) is 31.9 Å². The SMILES string of the molecule is NC(=O)CN(CC(=O)O)C(=O)NCC(F)(F)C(F)F. The number of urea groups is 1. The molecule has 0 atom stereocenters. The number of hydrogen-bond acceptors (Lipinski definition) is 3. The molecule has 11 heteroatoms. The molecule has 110 valence electrons. The van der Waals surface area contributed by atoms with E-state index in [-0.39, 0.29) is 0 Å². The Morgan fingerprint density at radius 3 is 2.16 bits per heavy atom. The number of nitrogens with one attached hydrogen (secondary N) is 1. The molecule has 0 aliphatic rings. The van der Waals surface area contributed by atoms with Crippen LogP contribution in [0.3, 0.4) is 0 Å². The molecule has 0 saturated carbocycles. The van der Waals surface area contributed by atoms with Crippen LogP contribution in [0.1, 0.15) is 0 Å². The van der Waals surface area contributed by atoms with Gasteiger partial charge in [0.2, 0.25) is 5.91 Å². The second kappa shape index (κ2) is 6.75. The van der Waals surface area contributed by atoms with Crippen LogP contribution in [0.4, 0.5) is 22.4 Å². The van der Waals surface area contributed by atoms with Gasteiger partial charge in [-0.1, -0.05) is 0 Å². The monoisotopic (exact) mass is 289 g/mol. The van der Waals surface area contributed by atoms with Gasteiger partial charge in [0.25, 0.3) is 0 Å². The molecule has 0 fully saturated rings. The molecule has 0 aliphatic carbocycles. The molecule has 7 nitrogen and oxygen atoms in total. The number of aliphatic carboxylic acids is 1. The first kappa shape index (κ1) is 16.9. The summed E-state index contributed by atoms with van der Waals surface area (Å²) in [5.74, 6) is -7.08. The Labute approximate surface area is 104 Å². The van der Waals surface area contributed by atoms with Crippen LogP contribution in [-0.4, -0.2) is 59.9 Å². The lowest BCUT2D eigenvalue weighted by Crippen LogP contribution is -2.50. The third-order valence-corrected chi connectivity index (χ3v) is 1.75. The maximum atomic E-state index is 12.5. The molecule has 3 amide bonds. The van der Waals surface area contributed by atoms with Crippen LogP contribution in [0, 0.1) is 0 Å². The van der Waals surface area contributed by atoms with E-state index < -0.39 is 49.9 Å². The van der Waals surface area contributed by atoms with Crippen molar-refractivity contribution < 1.29 is 37.1 Å². The van der Waals surface area contributed by atoms with E-state index in [1.165, 1.54) is 5.32 Å². The second-order valence-corrected chi connectivity index (χ2v) is 3.44. The highest BCUT2D eigenvalue weighted by Gasteiger charge is 2.41. The average molecular weight is 289 g/mol. The normalized spacial score (nSPS) is 11.2. The van der Waals surface area contributed by atoms with Crippen LogP contribution in [0.15, 0.2) is 0 Å². The molecule has 0 heterocycles. The summed E-state index contributed by atoms with van der Waals surface area (Å²) in [6, 6.07) is -1.42. The van der Waals surface area contributed by atoms with Crippen molar-refractivity contribution in [1.82, 2.24) is 10.2 Å². The van der Waals surface area contributed by atoms with Crippen molar-refractivity contribution in [3.63, 3.8) is 0 Å². The third kappa shape index (κ3) is 6.43. The molecule has 0 aromatic carbocycles. The Kier molecular flexibility index (Phi) is 6.02. The van der Waals surface area contributed by atoms with E-state index in [0.717, 1.165) is 0 Å². The quantitative estimate of drug-likeness (QED) is 0.547. The van der Waals surface area contributed by atoms with Crippen molar-refractivity contribution in [3.05, 3.63) is 0 Å². The van der Waals surface area contributed by atoms with Gasteiger partial charge in [-0.15, -0.1) is 0 Å². The van der Waals surface area contributed by atoms with Crippen molar-refractivity contribution in [2.24, 2.45) is 5.73 Å². The van der Waals surface area contributed by atoms with Crippen molar-refractivity contribution in [1.29, 1.82) is 0 Å². The number of carbonyl (C=O) groups is 3. The number of carbonyl (C=O) groups excluding carboxylic acids is 2. The molecule has 0 aromatic rings. The second-order valence-electron chi connectivity index (χ2n) is 3.44. The van der Waals surface area contributed by atoms with Crippen molar-refractivity contribution in [2.45, 2.75) is 12.3 Å². The van der Waals surface area contributed by atoms with E-state index in [4.69, 9.17) is 10.8 Å². The minimum Gasteiger partial charge on any atom is -0.480 e. The van der Waals surface area contributed by atoms with Crippen LogP contribution in [0.25, 0.3) is 0 Å². The number of hydrogen-bond donors (Lipinski definition) is 3. The van der Waals surface area contributed by atoms with E-state index >= 15 is 0 Å². The third-order valence-electron chi connectivity index (χ3n) is 1.75. The van der Waals surface area contributed by atoms with Gasteiger partial charge in [-0.2, -0.15) is 8.78 Å². The topological polar surface area (TPSA) is 113 Å². The van der Waals surface area contributed by atoms with E-state index in [0.29, 0.717) is 4.90 Å². The number of halogens is 4. The predicted molar refractivity (Wildman–Crippen MR) is 52.8 cm³/mol. The van der Waals surface area contributed by atoms with Gasteiger partial charge < -0.3 is 21.1 Å². The molecule has 0 aromatic heterocycles. The number of alkyl halides is 4. The zero-order valence-electron chi connectivity index (χ0n) is 9.41. The first-order valence-electron chi connectivity index (χ1n) is 4.75. The number of primary amides is 1. The van der Waals surface area contributed by atoms with Crippen LogP contribution >= 0.6 is 0 Å². The van der Waals surface area contributed by atoms with Crippen LogP contribution in [0.2, 0.25) is 0 Å². The van der Waals surface area contributed by atoms with Crippen molar-refractivity contribution in [2.75, 3.05) is 19.6 Å². The summed E-state index contributed by atoms with van der Waals surface area (Å²) in [6.45, 7) is -3.54. The molecular formula is C8H11F4N3O4. The summed E-state index contributed by atoms with van der Waals surface area (Å²) < 4.78 is 48.6. The maximum absolute atomic E-state index is 12.5. The van der Waals surface area contributed by atoms with E-state index in [2.05, 4.69) is 0 Å². The Bertz CT molecular complexity index is 348. The Balaban J connectivity index is 4.56. The lowest BCUT2D eigenvalue weighted by molar-refractivity contribution is -0.138. The fourth-order valence-electron chi connectivity index (χ4n) is 0.933. The van der Waals surface area contributed by atoms with Crippen LogP contribution in [0.5, 0.6) is 0 Å². The molecule has 0 aliphatic heterocycles. The molecule has 19 heavy (non-hydrogen) atoms. The largest absolute Gasteiger partial charge is 0.480 e. The number of rotatable bonds is 7. The average Bonchev–Trinajstić information content (AvgIpc) is 2.23. The highest BCUT2D eigenvalue weighted by Crippen LogP contribution is 2.21. The maximum Gasteiger partial charge on any atom is 0.324 e. The number of carboxylic acid groups (broad SMARTS) is 1. The zero-order valence-corrected chi connectivity index (χ0v) is 9.41. The fraction of sp³-hybridized carbons (Fsp3) is 0.625. The molecule has 0 unspecified atom stereocenters. The van der Waals surface area contributed by atoms with Gasteiger partial charge >= 0.3 is 24.3 Å². The first-order valence-corrected chi connectivity index (χ1v) is 4.75. The Morgan fingerprint density at radius 1 is 1.26 bits per heavy atom. The van der Waals surface area contributed by atoms with Gasteiger partial charge in [0, 0.05) is 0 Å². The predicted octanol–water partition coefficient (Wildman–Crippen LogP) is -0.532.